The van der Waals surface area contributed by atoms with Crippen molar-refractivity contribution in [2.24, 2.45) is 0 Å². The first-order chi connectivity index (χ1) is 9.20. The van der Waals surface area contributed by atoms with Gasteiger partial charge < -0.3 is 11.1 Å². The maximum Gasteiger partial charge on any atom is 0.241 e. The molecule has 0 saturated heterocycles. The van der Waals surface area contributed by atoms with Crippen LogP contribution in [0, 0.1) is 6.92 Å². The number of nitrogens with one attached hydrogen (secondary N) is 1. The van der Waals surface area contributed by atoms with Crippen molar-refractivity contribution >= 4 is 17.3 Å². The zero-order chi connectivity index (χ0) is 15.5. The standard InChI is InChI=1S/C16H27N3O/c1-7-16(4,5)19(6)12(3)15(20)18-14-10-8-9-13(17)11(14)2/h8-10,12H,7,17H2,1-6H3,(H,18,20). The topological polar surface area (TPSA) is 58.4 Å². The normalized spacial score (nSPS) is 13.3. The van der Waals surface area contributed by atoms with Crippen molar-refractivity contribution in [2.75, 3.05) is 18.1 Å². The van der Waals surface area contributed by atoms with Gasteiger partial charge in [0.1, 0.15) is 0 Å². The molecule has 1 amide bonds. The molecule has 1 rings (SSSR count). The van der Waals surface area contributed by atoms with Gasteiger partial charge in [0.05, 0.1) is 6.04 Å². The molecule has 4 nitrogen and oxygen atoms in total. The van der Waals surface area contributed by atoms with Gasteiger partial charge in [-0.2, -0.15) is 0 Å². The summed E-state index contributed by atoms with van der Waals surface area (Å²) in [7, 11) is 1.99. The van der Waals surface area contributed by atoms with Gasteiger partial charge in [-0.3, -0.25) is 9.69 Å². The molecule has 1 aromatic carbocycles. The van der Waals surface area contributed by atoms with E-state index < -0.39 is 0 Å². The Balaban J connectivity index is 2.83. The molecule has 112 valence electrons. The van der Waals surface area contributed by atoms with E-state index in [1.165, 1.54) is 0 Å². The number of nitrogens with zero attached hydrogens (tertiary/aromatic N) is 1. The van der Waals surface area contributed by atoms with Gasteiger partial charge in [0.15, 0.2) is 0 Å². The molecule has 0 aliphatic rings. The maximum absolute atomic E-state index is 12.4. The fourth-order valence-electron chi connectivity index (χ4n) is 1.98. The van der Waals surface area contributed by atoms with Crippen LogP contribution in [0.4, 0.5) is 11.4 Å². The molecule has 0 heterocycles. The minimum Gasteiger partial charge on any atom is -0.398 e. The summed E-state index contributed by atoms with van der Waals surface area (Å²) >= 11 is 0. The molecule has 20 heavy (non-hydrogen) atoms. The van der Waals surface area contributed by atoms with E-state index in [0.29, 0.717) is 5.69 Å². The third-order valence-corrected chi connectivity index (χ3v) is 4.41. The zero-order valence-electron chi connectivity index (χ0n) is 13.4. The van der Waals surface area contributed by atoms with Crippen LogP contribution in [0.3, 0.4) is 0 Å². The highest BCUT2D eigenvalue weighted by Crippen LogP contribution is 2.23. The van der Waals surface area contributed by atoms with Crippen molar-refractivity contribution in [1.82, 2.24) is 4.90 Å². The summed E-state index contributed by atoms with van der Waals surface area (Å²) in [4.78, 5) is 14.5. The van der Waals surface area contributed by atoms with Gasteiger partial charge in [-0.25, -0.2) is 0 Å². The highest BCUT2D eigenvalue weighted by atomic mass is 16.2. The molecular weight excluding hydrogens is 250 g/mol. The van der Waals surface area contributed by atoms with Crippen LogP contribution in [-0.4, -0.2) is 29.4 Å². The number of carbonyl (C=O) groups is 1. The molecule has 3 N–H and O–H groups in total. The molecule has 0 aliphatic carbocycles. The maximum atomic E-state index is 12.4. The minimum absolute atomic E-state index is 0.0114. The van der Waals surface area contributed by atoms with E-state index in [-0.39, 0.29) is 17.5 Å². The lowest BCUT2D eigenvalue weighted by Crippen LogP contribution is -2.50. The zero-order valence-corrected chi connectivity index (χ0v) is 13.4. The number of carbonyl (C=O) groups excluding carboxylic acids is 1. The Morgan fingerprint density at radius 3 is 2.60 bits per heavy atom. The predicted octanol–water partition coefficient (Wildman–Crippen LogP) is 3.02. The van der Waals surface area contributed by atoms with Gasteiger partial charge in [0, 0.05) is 16.9 Å². The summed E-state index contributed by atoms with van der Waals surface area (Å²) in [6.07, 6.45) is 0.985. The second-order valence-corrected chi connectivity index (χ2v) is 5.96. The molecule has 4 heteroatoms. The third kappa shape index (κ3) is 3.51. The molecule has 1 unspecified atom stereocenters. The van der Waals surface area contributed by atoms with E-state index in [1.54, 1.807) is 0 Å². The number of nitrogen functional groups attached to an aromatic ring is 1. The lowest BCUT2D eigenvalue weighted by molar-refractivity contribution is -0.122. The van der Waals surface area contributed by atoms with E-state index in [9.17, 15) is 4.79 Å². The lowest BCUT2D eigenvalue weighted by atomic mass is 9.98. The first kappa shape index (κ1) is 16.5. The van der Waals surface area contributed by atoms with Crippen LogP contribution < -0.4 is 11.1 Å². The molecule has 0 aromatic heterocycles. The molecule has 0 fully saturated rings. The van der Waals surface area contributed by atoms with Crippen molar-refractivity contribution < 1.29 is 4.79 Å². The van der Waals surface area contributed by atoms with Gasteiger partial charge in [-0.15, -0.1) is 0 Å². The highest BCUT2D eigenvalue weighted by Gasteiger charge is 2.29. The summed E-state index contributed by atoms with van der Waals surface area (Å²) in [5.41, 5.74) is 8.23. The van der Waals surface area contributed by atoms with Crippen molar-refractivity contribution in [2.45, 2.75) is 52.6 Å². The van der Waals surface area contributed by atoms with Gasteiger partial charge in [-0.1, -0.05) is 13.0 Å². The first-order valence-electron chi connectivity index (χ1n) is 7.09. The highest BCUT2D eigenvalue weighted by molar-refractivity contribution is 5.95. The Bertz CT molecular complexity index is 483. The molecular formula is C16H27N3O. The Kier molecular flexibility index (Phi) is 5.17. The van der Waals surface area contributed by atoms with Crippen LogP contribution in [0.25, 0.3) is 0 Å². The van der Waals surface area contributed by atoms with Crippen molar-refractivity contribution in [3.05, 3.63) is 23.8 Å². The summed E-state index contributed by atoms with van der Waals surface area (Å²) in [6.45, 7) is 10.2. The monoisotopic (exact) mass is 277 g/mol. The van der Waals surface area contributed by atoms with Gasteiger partial charge in [0.25, 0.3) is 0 Å². The molecule has 0 aliphatic heterocycles. The van der Waals surface area contributed by atoms with Crippen molar-refractivity contribution in [3.8, 4) is 0 Å². The Hall–Kier alpha value is -1.55. The third-order valence-electron chi connectivity index (χ3n) is 4.41. The van der Waals surface area contributed by atoms with Crippen molar-refractivity contribution in [1.29, 1.82) is 0 Å². The fraction of sp³-hybridized carbons (Fsp3) is 0.562. The minimum atomic E-state index is -0.203. The van der Waals surface area contributed by atoms with Crippen LogP contribution in [0.2, 0.25) is 0 Å². The van der Waals surface area contributed by atoms with Crippen LogP contribution >= 0.6 is 0 Å². The number of amides is 1. The summed E-state index contributed by atoms with van der Waals surface area (Å²) in [5.74, 6) is -0.0114. The van der Waals surface area contributed by atoms with E-state index >= 15 is 0 Å². The quantitative estimate of drug-likeness (QED) is 0.813. The smallest absolute Gasteiger partial charge is 0.241 e. The lowest BCUT2D eigenvalue weighted by Gasteiger charge is -2.38. The Labute approximate surface area is 122 Å². The number of hydrogen-bond donors (Lipinski definition) is 2. The van der Waals surface area contributed by atoms with E-state index in [2.05, 4.69) is 31.0 Å². The number of rotatable bonds is 5. The number of likely N-dealkylation sites (N-methyl/N-ethyl adjacent to an activating group) is 1. The number of hydrogen-bond acceptors (Lipinski definition) is 3. The average molecular weight is 277 g/mol. The predicted molar refractivity (Wildman–Crippen MR) is 85.8 cm³/mol. The largest absolute Gasteiger partial charge is 0.398 e. The van der Waals surface area contributed by atoms with Crippen LogP contribution in [0.15, 0.2) is 18.2 Å². The van der Waals surface area contributed by atoms with Gasteiger partial charge >= 0.3 is 0 Å². The van der Waals surface area contributed by atoms with Crippen LogP contribution in [0.1, 0.15) is 39.7 Å². The average Bonchev–Trinajstić information content (AvgIpc) is 2.42. The van der Waals surface area contributed by atoms with Gasteiger partial charge in [-0.05, 0) is 58.9 Å². The second-order valence-electron chi connectivity index (χ2n) is 5.96. The summed E-state index contributed by atoms with van der Waals surface area (Å²) in [6, 6.07) is 5.36. The van der Waals surface area contributed by atoms with Crippen LogP contribution in [-0.2, 0) is 4.79 Å². The molecule has 0 spiro atoms. The molecule has 0 radical (unpaired) electrons. The molecule has 0 bridgehead atoms. The van der Waals surface area contributed by atoms with E-state index in [4.69, 9.17) is 5.73 Å². The summed E-state index contributed by atoms with van der Waals surface area (Å²) in [5, 5.41) is 2.97. The first-order valence-corrected chi connectivity index (χ1v) is 7.09. The van der Waals surface area contributed by atoms with Crippen LogP contribution in [0.5, 0.6) is 0 Å². The Morgan fingerprint density at radius 2 is 2.05 bits per heavy atom. The Morgan fingerprint density at radius 1 is 1.45 bits per heavy atom. The summed E-state index contributed by atoms with van der Waals surface area (Å²) < 4.78 is 0. The number of anilines is 2. The SMILES string of the molecule is CCC(C)(C)N(C)C(C)C(=O)Nc1cccc(N)c1C. The van der Waals surface area contributed by atoms with Crippen molar-refractivity contribution in [3.63, 3.8) is 0 Å². The fourth-order valence-corrected chi connectivity index (χ4v) is 1.98. The van der Waals surface area contributed by atoms with E-state index in [1.807, 2.05) is 39.1 Å². The second kappa shape index (κ2) is 6.27. The number of nitrogens with two attached hydrogens (primary N) is 1. The molecule has 1 atom stereocenters. The number of benzene rings is 1. The molecule has 0 saturated carbocycles. The molecule has 1 aromatic rings. The van der Waals surface area contributed by atoms with E-state index in [0.717, 1.165) is 17.7 Å². The van der Waals surface area contributed by atoms with Gasteiger partial charge in [0.2, 0.25) is 5.91 Å².